The van der Waals surface area contributed by atoms with E-state index >= 15 is 0 Å². The maximum absolute atomic E-state index is 12.5. The Labute approximate surface area is 147 Å². The molecule has 0 aliphatic carbocycles. The maximum Gasteiger partial charge on any atom is 0.255 e. The number of nitrogens with one attached hydrogen (secondary N) is 2. The first-order chi connectivity index (χ1) is 12.2. The van der Waals surface area contributed by atoms with Crippen molar-refractivity contribution in [2.24, 2.45) is 5.73 Å². The zero-order chi connectivity index (χ0) is 17.2. The molecule has 0 aliphatic heterocycles. The molecule has 0 fully saturated rings. The normalized spacial score (nSPS) is 12.2. The predicted molar refractivity (Wildman–Crippen MR) is 98.6 cm³/mol. The lowest BCUT2D eigenvalue weighted by molar-refractivity contribution is 0.102. The third kappa shape index (κ3) is 3.02. The second-order valence-corrected chi connectivity index (χ2v) is 6.45. The highest BCUT2D eigenvalue weighted by molar-refractivity contribution is 7.09. The number of carbonyl (C=O) groups excluding carboxylic acids is 1. The number of nitrogens with zero attached hydrogens (tertiary/aromatic N) is 2. The van der Waals surface area contributed by atoms with Crippen LogP contribution in [-0.4, -0.2) is 20.9 Å². The van der Waals surface area contributed by atoms with Gasteiger partial charge in [-0.25, -0.2) is 9.97 Å². The van der Waals surface area contributed by atoms with E-state index in [4.69, 9.17) is 5.73 Å². The van der Waals surface area contributed by atoms with Crippen LogP contribution < -0.4 is 11.1 Å². The van der Waals surface area contributed by atoms with Crippen LogP contribution in [0.15, 0.2) is 60.4 Å². The number of benzene rings is 1. The predicted octanol–water partition coefficient (Wildman–Crippen LogP) is 3.32. The summed E-state index contributed by atoms with van der Waals surface area (Å²) in [6.45, 7) is 0. The zero-order valence-corrected chi connectivity index (χ0v) is 14.0. The molecule has 0 saturated heterocycles. The summed E-state index contributed by atoms with van der Waals surface area (Å²) in [4.78, 5) is 24.0. The molecule has 4 rings (SSSR count). The molecular weight excluding hydrogens is 334 g/mol. The van der Waals surface area contributed by atoms with Gasteiger partial charge >= 0.3 is 0 Å². The summed E-state index contributed by atoms with van der Waals surface area (Å²) >= 11 is 1.52. The van der Waals surface area contributed by atoms with Crippen LogP contribution in [0.1, 0.15) is 27.0 Å². The van der Waals surface area contributed by atoms with E-state index in [0.717, 1.165) is 27.3 Å². The number of aromatic nitrogens is 3. The SMILES string of the molecule is NC(c1ccc(C(=O)Nc2ccnc3[nH]ccc23)cc1)c1nccs1. The number of hydrogen-bond acceptors (Lipinski definition) is 5. The Hall–Kier alpha value is -3.03. The Bertz CT molecular complexity index is 1010. The van der Waals surface area contributed by atoms with E-state index in [9.17, 15) is 4.79 Å². The van der Waals surface area contributed by atoms with Crippen molar-refractivity contribution in [3.63, 3.8) is 0 Å². The van der Waals surface area contributed by atoms with Gasteiger partial charge in [0.15, 0.2) is 0 Å². The van der Waals surface area contributed by atoms with Crippen LogP contribution in [0.5, 0.6) is 0 Å². The average molecular weight is 349 g/mol. The highest BCUT2D eigenvalue weighted by atomic mass is 32.1. The van der Waals surface area contributed by atoms with E-state index < -0.39 is 0 Å². The number of amides is 1. The molecule has 3 aromatic heterocycles. The average Bonchev–Trinajstić information content (AvgIpc) is 3.33. The van der Waals surface area contributed by atoms with Crippen molar-refractivity contribution in [1.29, 1.82) is 0 Å². The highest BCUT2D eigenvalue weighted by Gasteiger charge is 2.13. The number of hydrogen-bond donors (Lipinski definition) is 3. The van der Waals surface area contributed by atoms with Gasteiger partial charge in [-0.3, -0.25) is 4.79 Å². The second-order valence-electron chi connectivity index (χ2n) is 5.52. The molecule has 124 valence electrons. The number of pyridine rings is 1. The van der Waals surface area contributed by atoms with Gasteiger partial charge in [-0.15, -0.1) is 11.3 Å². The largest absolute Gasteiger partial charge is 0.346 e. The Morgan fingerprint density at radius 1 is 1.12 bits per heavy atom. The van der Waals surface area contributed by atoms with Crippen molar-refractivity contribution in [3.05, 3.63) is 76.5 Å². The van der Waals surface area contributed by atoms with Crippen molar-refractivity contribution in [1.82, 2.24) is 15.0 Å². The van der Waals surface area contributed by atoms with Crippen LogP contribution in [0.25, 0.3) is 11.0 Å². The van der Waals surface area contributed by atoms with Crippen LogP contribution in [0, 0.1) is 0 Å². The summed E-state index contributed by atoms with van der Waals surface area (Å²) in [5.74, 6) is -0.178. The standard InChI is InChI=1S/C18H15N5OS/c19-15(18-22-9-10-25-18)11-1-3-12(4-2-11)17(24)23-14-6-8-21-16-13(14)5-7-20-16/h1-10,15H,19H2,(H2,20,21,23,24). The van der Waals surface area contributed by atoms with Crippen LogP contribution in [0.2, 0.25) is 0 Å². The van der Waals surface area contributed by atoms with Gasteiger partial charge in [-0.1, -0.05) is 12.1 Å². The molecule has 0 bridgehead atoms. The molecule has 0 radical (unpaired) electrons. The molecule has 4 N–H and O–H groups in total. The van der Waals surface area contributed by atoms with Crippen LogP contribution in [-0.2, 0) is 0 Å². The second kappa shape index (κ2) is 6.46. The van der Waals surface area contributed by atoms with Gasteiger partial charge in [0.2, 0.25) is 0 Å². The van der Waals surface area contributed by atoms with E-state index in [1.54, 1.807) is 36.8 Å². The molecule has 1 atom stereocenters. The Morgan fingerprint density at radius 3 is 2.72 bits per heavy atom. The quantitative estimate of drug-likeness (QED) is 0.526. The summed E-state index contributed by atoms with van der Waals surface area (Å²) in [7, 11) is 0. The Balaban J connectivity index is 1.54. The van der Waals surface area contributed by atoms with Gasteiger partial charge in [-0.2, -0.15) is 0 Å². The molecule has 6 nitrogen and oxygen atoms in total. The van der Waals surface area contributed by atoms with Crippen LogP contribution in [0.3, 0.4) is 0 Å². The van der Waals surface area contributed by atoms with Gasteiger partial charge in [0, 0.05) is 34.9 Å². The van der Waals surface area contributed by atoms with Crippen molar-refractivity contribution in [2.45, 2.75) is 6.04 Å². The molecule has 0 aliphatic rings. The fraction of sp³-hybridized carbons (Fsp3) is 0.0556. The molecule has 1 unspecified atom stereocenters. The van der Waals surface area contributed by atoms with Gasteiger partial charge in [0.25, 0.3) is 5.91 Å². The minimum Gasteiger partial charge on any atom is -0.346 e. The molecule has 0 spiro atoms. The van der Waals surface area contributed by atoms with E-state index in [0.29, 0.717) is 5.56 Å². The first kappa shape index (κ1) is 15.5. The number of carbonyl (C=O) groups is 1. The van der Waals surface area contributed by atoms with Gasteiger partial charge in [-0.05, 0) is 29.8 Å². The number of thiazole rings is 1. The Morgan fingerprint density at radius 2 is 1.96 bits per heavy atom. The van der Waals surface area contributed by atoms with Gasteiger partial charge in [0.05, 0.1) is 11.7 Å². The lowest BCUT2D eigenvalue weighted by Gasteiger charge is -2.10. The summed E-state index contributed by atoms with van der Waals surface area (Å²) in [5, 5.41) is 6.54. The molecule has 1 amide bonds. The van der Waals surface area contributed by atoms with E-state index in [1.165, 1.54) is 11.3 Å². The van der Waals surface area contributed by atoms with Crippen LogP contribution in [0.4, 0.5) is 5.69 Å². The molecular formula is C18H15N5OS. The lowest BCUT2D eigenvalue weighted by atomic mass is 10.1. The zero-order valence-electron chi connectivity index (χ0n) is 13.1. The number of aromatic amines is 1. The molecule has 1 aromatic carbocycles. The summed E-state index contributed by atoms with van der Waals surface area (Å²) in [5.41, 5.74) is 9.14. The van der Waals surface area contributed by atoms with Crippen molar-refractivity contribution in [2.75, 3.05) is 5.32 Å². The minimum atomic E-state index is -0.281. The maximum atomic E-state index is 12.5. The molecule has 0 saturated carbocycles. The van der Waals surface area contributed by atoms with E-state index in [-0.39, 0.29) is 11.9 Å². The monoisotopic (exact) mass is 349 g/mol. The number of H-pyrrole nitrogens is 1. The minimum absolute atomic E-state index is 0.178. The van der Waals surface area contributed by atoms with E-state index in [2.05, 4.69) is 20.3 Å². The summed E-state index contributed by atoms with van der Waals surface area (Å²) in [6.07, 6.45) is 5.19. The number of nitrogens with two attached hydrogens (primary N) is 1. The first-order valence-electron chi connectivity index (χ1n) is 7.71. The number of rotatable bonds is 4. The van der Waals surface area contributed by atoms with Crippen molar-refractivity contribution < 1.29 is 4.79 Å². The number of fused-ring (bicyclic) bond motifs is 1. The van der Waals surface area contributed by atoms with E-state index in [1.807, 2.05) is 23.6 Å². The lowest BCUT2D eigenvalue weighted by Crippen LogP contribution is -2.14. The van der Waals surface area contributed by atoms with Crippen LogP contribution >= 0.6 is 11.3 Å². The van der Waals surface area contributed by atoms with Gasteiger partial charge < -0.3 is 16.0 Å². The highest BCUT2D eigenvalue weighted by Crippen LogP contribution is 2.23. The topological polar surface area (TPSA) is 96.7 Å². The Kier molecular flexibility index (Phi) is 4.01. The third-order valence-corrected chi connectivity index (χ3v) is 4.82. The molecule has 25 heavy (non-hydrogen) atoms. The molecule has 4 aromatic rings. The van der Waals surface area contributed by atoms with Crippen molar-refractivity contribution in [3.8, 4) is 0 Å². The first-order valence-corrected chi connectivity index (χ1v) is 8.59. The van der Waals surface area contributed by atoms with Crippen molar-refractivity contribution >= 4 is 34.0 Å². The summed E-state index contributed by atoms with van der Waals surface area (Å²) < 4.78 is 0. The third-order valence-electron chi connectivity index (χ3n) is 3.96. The fourth-order valence-electron chi connectivity index (χ4n) is 2.64. The summed E-state index contributed by atoms with van der Waals surface area (Å²) in [6, 6.07) is 10.6. The van der Waals surface area contributed by atoms with Gasteiger partial charge in [0.1, 0.15) is 10.7 Å². The fourth-order valence-corrected chi connectivity index (χ4v) is 3.30. The smallest absolute Gasteiger partial charge is 0.255 e. The molecule has 7 heteroatoms. The number of anilines is 1. The molecule has 3 heterocycles.